The fourth-order valence-electron chi connectivity index (χ4n) is 1.59. The molecule has 1 saturated heterocycles. The van der Waals surface area contributed by atoms with E-state index in [-0.39, 0.29) is 5.91 Å². The van der Waals surface area contributed by atoms with Crippen molar-refractivity contribution >= 4 is 11.7 Å². The molecule has 0 aliphatic carbocycles. The second-order valence-corrected chi connectivity index (χ2v) is 3.46. The Labute approximate surface area is 88.3 Å². The first-order valence-electron chi connectivity index (χ1n) is 4.97. The Balaban J connectivity index is 2.17. The van der Waals surface area contributed by atoms with Crippen molar-refractivity contribution in [3.63, 3.8) is 0 Å². The number of rotatable bonds is 2. The van der Waals surface area contributed by atoms with Crippen molar-refractivity contribution in [3.8, 4) is 0 Å². The van der Waals surface area contributed by atoms with Gasteiger partial charge in [0.2, 0.25) is 5.91 Å². The zero-order valence-electron chi connectivity index (χ0n) is 8.44. The van der Waals surface area contributed by atoms with Crippen LogP contribution in [0, 0.1) is 0 Å². The predicted molar refractivity (Wildman–Crippen MR) is 57.4 cm³/mol. The predicted octanol–water partition coefficient (Wildman–Crippen LogP) is -0.524. The Morgan fingerprint density at radius 1 is 1.53 bits per heavy atom. The van der Waals surface area contributed by atoms with Crippen molar-refractivity contribution in [1.82, 2.24) is 10.3 Å². The molecule has 2 heterocycles. The van der Waals surface area contributed by atoms with Gasteiger partial charge >= 0.3 is 0 Å². The standard InChI is InChI=1S/C10H14N4O/c11-6-8-2-1-3-9(13-8)14-5-4-12-10(15)7-14/h1-3H,4-7,11H2,(H,12,15). The number of hydrogen-bond acceptors (Lipinski definition) is 4. The molecule has 2 rings (SSSR count). The number of carbonyl (C=O) groups excluding carboxylic acids is 1. The average Bonchev–Trinajstić information content (AvgIpc) is 2.29. The molecule has 0 radical (unpaired) electrons. The van der Waals surface area contributed by atoms with Gasteiger partial charge in [0.25, 0.3) is 0 Å². The van der Waals surface area contributed by atoms with E-state index in [0.29, 0.717) is 19.6 Å². The summed E-state index contributed by atoms with van der Waals surface area (Å²) in [6, 6.07) is 5.70. The molecule has 0 spiro atoms. The SMILES string of the molecule is NCc1cccc(N2CCNC(=O)C2)n1. The quantitative estimate of drug-likeness (QED) is 0.683. The van der Waals surface area contributed by atoms with Gasteiger partial charge in [-0.1, -0.05) is 6.07 Å². The Morgan fingerprint density at radius 3 is 3.13 bits per heavy atom. The van der Waals surface area contributed by atoms with Gasteiger partial charge < -0.3 is 16.0 Å². The van der Waals surface area contributed by atoms with Crippen LogP contribution in [0.4, 0.5) is 5.82 Å². The van der Waals surface area contributed by atoms with Gasteiger partial charge in [-0.3, -0.25) is 4.79 Å². The van der Waals surface area contributed by atoms with Crippen LogP contribution in [0.3, 0.4) is 0 Å². The summed E-state index contributed by atoms with van der Waals surface area (Å²) >= 11 is 0. The molecule has 0 unspecified atom stereocenters. The number of amides is 1. The third-order valence-corrected chi connectivity index (χ3v) is 2.36. The molecule has 1 aliphatic heterocycles. The van der Waals surface area contributed by atoms with E-state index in [2.05, 4.69) is 10.3 Å². The Hall–Kier alpha value is -1.62. The van der Waals surface area contributed by atoms with Crippen LogP contribution in [-0.4, -0.2) is 30.5 Å². The second kappa shape index (κ2) is 4.27. The van der Waals surface area contributed by atoms with E-state index in [0.717, 1.165) is 18.1 Å². The minimum Gasteiger partial charge on any atom is -0.353 e. The van der Waals surface area contributed by atoms with Crippen molar-refractivity contribution in [1.29, 1.82) is 0 Å². The molecule has 1 amide bonds. The van der Waals surface area contributed by atoms with Gasteiger partial charge in [-0.05, 0) is 12.1 Å². The zero-order valence-corrected chi connectivity index (χ0v) is 8.44. The van der Waals surface area contributed by atoms with Gasteiger partial charge in [-0.15, -0.1) is 0 Å². The highest BCUT2D eigenvalue weighted by Crippen LogP contribution is 2.11. The van der Waals surface area contributed by atoms with Crippen molar-refractivity contribution < 1.29 is 4.79 Å². The number of nitrogens with two attached hydrogens (primary N) is 1. The minimum atomic E-state index is 0.0428. The third kappa shape index (κ3) is 2.24. The molecule has 80 valence electrons. The second-order valence-electron chi connectivity index (χ2n) is 3.46. The Kier molecular flexibility index (Phi) is 2.82. The van der Waals surface area contributed by atoms with Crippen molar-refractivity contribution in [3.05, 3.63) is 23.9 Å². The molecule has 0 aromatic carbocycles. The Morgan fingerprint density at radius 2 is 2.40 bits per heavy atom. The van der Waals surface area contributed by atoms with Crippen molar-refractivity contribution in [2.24, 2.45) is 5.73 Å². The average molecular weight is 206 g/mol. The van der Waals surface area contributed by atoms with E-state index in [1.807, 2.05) is 23.1 Å². The summed E-state index contributed by atoms with van der Waals surface area (Å²) in [5, 5.41) is 2.78. The number of carbonyl (C=O) groups is 1. The fraction of sp³-hybridized carbons (Fsp3) is 0.400. The van der Waals surface area contributed by atoms with E-state index >= 15 is 0 Å². The lowest BCUT2D eigenvalue weighted by Gasteiger charge is -2.27. The van der Waals surface area contributed by atoms with Gasteiger partial charge in [-0.25, -0.2) is 4.98 Å². The molecule has 1 aromatic rings. The van der Waals surface area contributed by atoms with Gasteiger partial charge in [0.15, 0.2) is 0 Å². The van der Waals surface area contributed by atoms with Crippen molar-refractivity contribution in [2.75, 3.05) is 24.5 Å². The summed E-state index contributed by atoms with van der Waals surface area (Å²) in [7, 11) is 0. The summed E-state index contributed by atoms with van der Waals surface area (Å²) in [6.45, 7) is 2.27. The van der Waals surface area contributed by atoms with E-state index in [1.165, 1.54) is 0 Å². The first-order chi connectivity index (χ1) is 7.29. The third-order valence-electron chi connectivity index (χ3n) is 2.36. The topological polar surface area (TPSA) is 71.2 Å². The first kappa shape index (κ1) is 9.92. The van der Waals surface area contributed by atoms with E-state index in [1.54, 1.807) is 0 Å². The summed E-state index contributed by atoms with van der Waals surface area (Å²) < 4.78 is 0. The normalized spacial score (nSPS) is 16.3. The highest BCUT2D eigenvalue weighted by molar-refractivity contribution is 5.82. The molecule has 3 N–H and O–H groups in total. The smallest absolute Gasteiger partial charge is 0.239 e. The maximum atomic E-state index is 11.2. The van der Waals surface area contributed by atoms with E-state index in [9.17, 15) is 4.79 Å². The number of aromatic nitrogens is 1. The molecular formula is C10H14N4O. The van der Waals surface area contributed by atoms with Gasteiger partial charge in [0.1, 0.15) is 5.82 Å². The van der Waals surface area contributed by atoms with Crippen LogP contribution in [0.25, 0.3) is 0 Å². The molecule has 0 atom stereocenters. The summed E-state index contributed by atoms with van der Waals surface area (Å²) in [5.74, 6) is 0.869. The lowest BCUT2D eigenvalue weighted by molar-refractivity contribution is -0.120. The van der Waals surface area contributed by atoms with Crippen LogP contribution in [0.5, 0.6) is 0 Å². The van der Waals surface area contributed by atoms with Crippen LogP contribution in [-0.2, 0) is 11.3 Å². The van der Waals surface area contributed by atoms with Crippen LogP contribution in [0.15, 0.2) is 18.2 Å². The lowest BCUT2D eigenvalue weighted by Crippen LogP contribution is -2.48. The van der Waals surface area contributed by atoms with Crippen molar-refractivity contribution in [2.45, 2.75) is 6.54 Å². The molecule has 1 aromatic heterocycles. The molecule has 1 fully saturated rings. The molecule has 5 nitrogen and oxygen atoms in total. The summed E-state index contributed by atoms with van der Waals surface area (Å²) in [5.41, 5.74) is 6.36. The number of nitrogens with zero attached hydrogens (tertiary/aromatic N) is 2. The van der Waals surface area contributed by atoms with Gasteiger partial charge in [-0.2, -0.15) is 0 Å². The van der Waals surface area contributed by atoms with Gasteiger partial charge in [0, 0.05) is 19.6 Å². The van der Waals surface area contributed by atoms with Crippen LogP contribution >= 0.6 is 0 Å². The minimum absolute atomic E-state index is 0.0428. The van der Waals surface area contributed by atoms with Crippen LogP contribution in [0.1, 0.15) is 5.69 Å². The molecule has 0 saturated carbocycles. The maximum absolute atomic E-state index is 11.2. The molecule has 1 aliphatic rings. The van der Waals surface area contributed by atoms with Gasteiger partial charge in [0.05, 0.1) is 12.2 Å². The zero-order chi connectivity index (χ0) is 10.7. The van der Waals surface area contributed by atoms with E-state index < -0.39 is 0 Å². The highest BCUT2D eigenvalue weighted by Gasteiger charge is 2.17. The number of nitrogens with one attached hydrogen (secondary N) is 1. The largest absolute Gasteiger partial charge is 0.353 e. The summed E-state index contributed by atoms with van der Waals surface area (Å²) in [6.07, 6.45) is 0. The van der Waals surface area contributed by atoms with Crippen LogP contribution in [0.2, 0.25) is 0 Å². The fourth-order valence-corrected chi connectivity index (χ4v) is 1.59. The maximum Gasteiger partial charge on any atom is 0.239 e. The Bertz CT molecular complexity index is 366. The monoisotopic (exact) mass is 206 g/mol. The molecule has 15 heavy (non-hydrogen) atoms. The summed E-state index contributed by atoms with van der Waals surface area (Å²) in [4.78, 5) is 17.5. The number of anilines is 1. The molecular weight excluding hydrogens is 192 g/mol. The highest BCUT2D eigenvalue weighted by atomic mass is 16.2. The molecule has 0 bridgehead atoms. The van der Waals surface area contributed by atoms with E-state index in [4.69, 9.17) is 5.73 Å². The first-order valence-corrected chi connectivity index (χ1v) is 4.97. The lowest BCUT2D eigenvalue weighted by atomic mass is 10.3. The molecule has 5 heteroatoms. The number of piperazine rings is 1. The number of hydrogen-bond donors (Lipinski definition) is 2. The van der Waals surface area contributed by atoms with Crippen LogP contribution < -0.4 is 16.0 Å². The number of pyridine rings is 1.